The van der Waals surface area contributed by atoms with Gasteiger partial charge in [0.05, 0.1) is 38.0 Å². The summed E-state index contributed by atoms with van der Waals surface area (Å²) in [6.07, 6.45) is 4.61. The molecule has 2 bridgehead atoms. The number of carbonyl (C=O) groups excluding carboxylic acids is 1. The number of hydrogen-bond donors (Lipinski definition) is 0. The summed E-state index contributed by atoms with van der Waals surface area (Å²) < 4.78 is 20.3. The van der Waals surface area contributed by atoms with E-state index in [-0.39, 0.29) is 23.5 Å². The second-order valence-electron chi connectivity index (χ2n) is 11.4. The van der Waals surface area contributed by atoms with Gasteiger partial charge in [0.25, 0.3) is 0 Å². The average Bonchev–Trinajstić information content (AvgIpc) is 3.49. The monoisotopic (exact) mass is 511 g/mol. The molecule has 4 atom stereocenters. The second kappa shape index (κ2) is 7.87. The summed E-state index contributed by atoms with van der Waals surface area (Å²) in [7, 11) is 1.48. The van der Waals surface area contributed by atoms with Crippen molar-refractivity contribution < 1.29 is 19.0 Å². The maximum Gasteiger partial charge on any atom is 0.360 e. The maximum absolute atomic E-state index is 13.8. The van der Waals surface area contributed by atoms with Crippen molar-refractivity contribution in [1.82, 2.24) is 9.47 Å². The van der Waals surface area contributed by atoms with Gasteiger partial charge in [-0.15, -0.1) is 0 Å². The second-order valence-corrected chi connectivity index (χ2v) is 11.4. The van der Waals surface area contributed by atoms with Crippen LogP contribution in [0, 0.1) is 5.41 Å². The van der Waals surface area contributed by atoms with E-state index in [2.05, 4.69) is 76.0 Å². The van der Waals surface area contributed by atoms with Gasteiger partial charge in [0, 0.05) is 60.0 Å². The Bertz CT molecular complexity index is 1490. The number of nitrogens with zero attached hydrogens (tertiary/aromatic N) is 3. The molecule has 7 heteroatoms. The summed E-state index contributed by atoms with van der Waals surface area (Å²) in [6, 6.07) is 17.5. The molecule has 7 nitrogen and oxygen atoms in total. The third-order valence-corrected chi connectivity index (χ3v) is 9.87. The molecule has 2 aromatic carbocycles. The van der Waals surface area contributed by atoms with Crippen molar-refractivity contribution in [2.24, 2.45) is 5.41 Å². The van der Waals surface area contributed by atoms with Crippen LogP contribution in [-0.4, -0.2) is 61.5 Å². The van der Waals surface area contributed by atoms with E-state index in [0.29, 0.717) is 6.42 Å². The van der Waals surface area contributed by atoms with Gasteiger partial charge in [0.15, 0.2) is 0 Å². The summed E-state index contributed by atoms with van der Waals surface area (Å²) in [6.45, 7) is 6.59. The highest BCUT2D eigenvalue weighted by atomic mass is 16.6. The largest absolute Gasteiger partial charge is 0.465 e. The Balaban J connectivity index is 1.31. The minimum absolute atomic E-state index is 0.172. The average molecular weight is 512 g/mol. The summed E-state index contributed by atoms with van der Waals surface area (Å²) in [5.41, 5.74) is 5.84. The van der Waals surface area contributed by atoms with Gasteiger partial charge in [0.1, 0.15) is 0 Å². The van der Waals surface area contributed by atoms with Gasteiger partial charge in [-0.25, -0.2) is 4.79 Å². The lowest BCUT2D eigenvalue weighted by molar-refractivity contribution is -0.179. The maximum atomic E-state index is 13.8. The van der Waals surface area contributed by atoms with E-state index in [4.69, 9.17) is 14.2 Å². The zero-order valence-electron chi connectivity index (χ0n) is 22.0. The van der Waals surface area contributed by atoms with Gasteiger partial charge in [-0.3, -0.25) is 0 Å². The van der Waals surface area contributed by atoms with Crippen molar-refractivity contribution in [3.63, 3.8) is 0 Å². The number of carbonyl (C=O) groups is 1. The number of anilines is 1. The van der Waals surface area contributed by atoms with Crippen LogP contribution in [0.5, 0.6) is 0 Å². The van der Waals surface area contributed by atoms with Crippen LogP contribution >= 0.6 is 0 Å². The minimum atomic E-state index is -1.17. The van der Waals surface area contributed by atoms with Gasteiger partial charge >= 0.3 is 5.97 Å². The highest BCUT2D eigenvalue weighted by Gasteiger charge is 2.71. The number of para-hydroxylation sites is 1. The number of aromatic nitrogens is 1. The Labute approximate surface area is 222 Å². The van der Waals surface area contributed by atoms with E-state index in [1.54, 1.807) is 0 Å². The van der Waals surface area contributed by atoms with Crippen LogP contribution < -0.4 is 4.90 Å². The Morgan fingerprint density at radius 3 is 2.63 bits per heavy atom. The Morgan fingerprint density at radius 1 is 1.08 bits per heavy atom. The van der Waals surface area contributed by atoms with E-state index in [1.165, 1.54) is 35.0 Å². The summed E-state index contributed by atoms with van der Waals surface area (Å²) in [5, 5.41) is 1.23. The van der Waals surface area contributed by atoms with E-state index in [9.17, 15) is 4.79 Å². The van der Waals surface area contributed by atoms with Gasteiger partial charge in [-0.1, -0.05) is 37.3 Å². The lowest BCUT2D eigenvalue weighted by atomic mass is 9.62. The Hall–Kier alpha value is -3.29. The molecule has 5 aliphatic rings. The van der Waals surface area contributed by atoms with Crippen LogP contribution in [0.3, 0.4) is 0 Å². The molecule has 3 aromatic rings. The third kappa shape index (κ3) is 2.68. The molecule has 0 radical (unpaired) electrons. The normalized spacial score (nSPS) is 30.9. The highest BCUT2D eigenvalue weighted by molar-refractivity contribution is 5.91. The zero-order valence-corrected chi connectivity index (χ0v) is 22.0. The van der Waals surface area contributed by atoms with Crippen molar-refractivity contribution in [3.05, 3.63) is 71.6 Å². The first-order valence-electron chi connectivity index (χ1n) is 13.9. The molecular weight excluding hydrogens is 478 g/mol. The number of fused-ring (bicyclic) bond motifs is 5. The summed E-state index contributed by atoms with van der Waals surface area (Å²) >= 11 is 0. The summed E-state index contributed by atoms with van der Waals surface area (Å²) in [4.78, 5) is 18.7. The van der Waals surface area contributed by atoms with Crippen LogP contribution in [0.1, 0.15) is 42.6 Å². The molecule has 8 rings (SSSR count). The van der Waals surface area contributed by atoms with Crippen LogP contribution in [0.15, 0.2) is 54.7 Å². The molecule has 2 saturated heterocycles. The number of esters is 1. The van der Waals surface area contributed by atoms with Crippen LogP contribution in [0.25, 0.3) is 16.5 Å². The van der Waals surface area contributed by atoms with Crippen molar-refractivity contribution in [1.29, 1.82) is 0 Å². The minimum Gasteiger partial charge on any atom is -0.465 e. The number of benzene rings is 2. The predicted molar refractivity (Wildman–Crippen MR) is 145 cm³/mol. The predicted octanol–water partition coefficient (Wildman–Crippen LogP) is 4.46. The van der Waals surface area contributed by atoms with Gasteiger partial charge < -0.3 is 28.6 Å². The SMILES string of the molecule is CC[C@@]12C[C@@]3(C(=O)OC)O[C@@H]1C(c1ccc(N4CCOCC4)cc1)=CN1CCc4c(n3c3ccccc43)[C@@H]12. The molecule has 0 N–H and O–H groups in total. The number of rotatable bonds is 4. The van der Waals surface area contributed by atoms with Crippen molar-refractivity contribution in [2.75, 3.05) is 44.9 Å². The van der Waals surface area contributed by atoms with E-state index >= 15 is 0 Å². The molecule has 2 fully saturated rings. The fourth-order valence-electron chi connectivity index (χ4n) is 8.21. The van der Waals surface area contributed by atoms with Crippen LogP contribution in [-0.2, 0) is 31.2 Å². The van der Waals surface area contributed by atoms with Crippen LogP contribution in [0.4, 0.5) is 5.69 Å². The highest BCUT2D eigenvalue weighted by Crippen LogP contribution is 2.68. The topological polar surface area (TPSA) is 56.2 Å². The fraction of sp³-hybridized carbons (Fsp3) is 0.452. The molecule has 196 valence electrons. The van der Waals surface area contributed by atoms with E-state index in [0.717, 1.165) is 56.8 Å². The fourth-order valence-corrected chi connectivity index (χ4v) is 8.21. The standard InChI is InChI=1S/C31H33N3O4/c1-3-30-19-31(29(35)36-2)34-25-7-5-4-6-22(25)23-12-13-33(27(30)26(23)34)18-24(28(30)38-31)20-8-10-21(11-9-20)32-14-16-37-17-15-32/h4-11,18,27-28H,3,12-17,19H2,1-2H3/t27-,28-,30+,31+/m1/s1. The Kier molecular flexibility index (Phi) is 4.69. The quantitative estimate of drug-likeness (QED) is 0.483. The number of hydrogen-bond acceptors (Lipinski definition) is 6. The van der Waals surface area contributed by atoms with Crippen molar-refractivity contribution >= 4 is 28.1 Å². The molecule has 0 unspecified atom stereocenters. The molecule has 0 aliphatic carbocycles. The molecule has 38 heavy (non-hydrogen) atoms. The lowest BCUT2D eigenvalue weighted by Crippen LogP contribution is -2.54. The van der Waals surface area contributed by atoms with Gasteiger partial charge in [-0.2, -0.15) is 0 Å². The van der Waals surface area contributed by atoms with Crippen LogP contribution in [0.2, 0.25) is 0 Å². The molecule has 0 amide bonds. The van der Waals surface area contributed by atoms with Crippen molar-refractivity contribution in [3.8, 4) is 0 Å². The number of morpholine rings is 1. The molecular formula is C31H33N3O4. The number of methoxy groups -OCH3 is 1. The Morgan fingerprint density at radius 2 is 1.87 bits per heavy atom. The van der Waals surface area contributed by atoms with Gasteiger partial charge in [-0.05, 0) is 42.2 Å². The first kappa shape index (κ1) is 22.7. The molecule has 0 spiro atoms. The van der Waals surface area contributed by atoms with E-state index in [1.807, 2.05) is 0 Å². The third-order valence-electron chi connectivity index (χ3n) is 9.87. The van der Waals surface area contributed by atoms with E-state index < -0.39 is 5.72 Å². The van der Waals surface area contributed by atoms with Crippen molar-refractivity contribution in [2.45, 2.75) is 44.1 Å². The first-order chi connectivity index (χ1) is 18.6. The molecule has 0 saturated carbocycles. The molecule has 1 aromatic heterocycles. The molecule has 6 heterocycles. The first-order valence-corrected chi connectivity index (χ1v) is 13.9. The molecule has 5 aliphatic heterocycles. The zero-order chi connectivity index (χ0) is 25.6. The number of ether oxygens (including phenoxy) is 3. The smallest absolute Gasteiger partial charge is 0.360 e. The lowest BCUT2D eigenvalue weighted by Gasteiger charge is -2.54. The van der Waals surface area contributed by atoms with Gasteiger partial charge in [0.2, 0.25) is 5.72 Å². The summed E-state index contributed by atoms with van der Waals surface area (Å²) in [5.74, 6) is -0.305.